The van der Waals surface area contributed by atoms with Gasteiger partial charge in [0.2, 0.25) is 0 Å². The Bertz CT molecular complexity index is 451. The van der Waals surface area contributed by atoms with E-state index in [1.165, 1.54) is 0 Å². The van der Waals surface area contributed by atoms with E-state index in [9.17, 15) is 0 Å². The number of halogens is 2. The van der Waals surface area contributed by atoms with E-state index in [1.807, 2.05) is 36.4 Å². The van der Waals surface area contributed by atoms with Crippen LogP contribution in [-0.4, -0.2) is 15.0 Å². The van der Waals surface area contributed by atoms with Gasteiger partial charge in [0.25, 0.3) is 0 Å². The smallest absolute Gasteiger partial charge is 0.130 e. The van der Waals surface area contributed by atoms with Crippen molar-refractivity contribution in [3.8, 4) is 0 Å². The molecule has 0 fully saturated rings. The zero-order valence-electron chi connectivity index (χ0n) is 8.74. The van der Waals surface area contributed by atoms with Gasteiger partial charge in [-0.1, -0.05) is 24.4 Å². The lowest BCUT2D eigenvalue weighted by Crippen LogP contribution is -2.12. The normalized spacial score (nSPS) is 8.47. The van der Waals surface area contributed by atoms with E-state index in [4.69, 9.17) is 12.2 Å². The second kappa shape index (κ2) is 7.95. The Morgan fingerprint density at radius 3 is 2.12 bits per heavy atom. The van der Waals surface area contributed by atoms with E-state index in [-0.39, 0.29) is 24.8 Å². The first-order chi connectivity index (χ1) is 7.36. The Hall–Kier alpha value is -1.23. The van der Waals surface area contributed by atoms with Crippen molar-refractivity contribution in [3.63, 3.8) is 0 Å². The van der Waals surface area contributed by atoms with Crippen molar-refractivity contribution in [3.05, 3.63) is 54.5 Å². The molecule has 0 spiro atoms. The van der Waals surface area contributed by atoms with E-state index in [0.29, 0.717) is 4.99 Å². The second-order valence-corrected chi connectivity index (χ2v) is 3.29. The van der Waals surface area contributed by atoms with Crippen molar-refractivity contribution < 1.29 is 0 Å². The lowest BCUT2D eigenvalue weighted by molar-refractivity contribution is 1.28. The van der Waals surface area contributed by atoms with Crippen LogP contribution in [-0.2, 0) is 0 Å². The number of hydrogen-bond acceptors (Lipinski definition) is 3. The van der Waals surface area contributed by atoms with Crippen molar-refractivity contribution in [1.82, 2.24) is 9.97 Å². The average Bonchev–Trinajstić information content (AvgIpc) is 2.31. The van der Waals surface area contributed by atoms with Crippen LogP contribution in [0, 0.1) is 0 Å². The van der Waals surface area contributed by atoms with E-state index in [2.05, 4.69) is 15.3 Å². The van der Waals surface area contributed by atoms with Gasteiger partial charge in [0, 0.05) is 12.4 Å². The van der Waals surface area contributed by atoms with Gasteiger partial charge in [0.1, 0.15) is 10.8 Å². The number of nitrogens with one attached hydrogen (secondary N) is 1. The van der Waals surface area contributed by atoms with Gasteiger partial charge in [-0.15, -0.1) is 24.8 Å². The summed E-state index contributed by atoms with van der Waals surface area (Å²) in [7, 11) is 0. The third-order valence-electron chi connectivity index (χ3n) is 1.80. The summed E-state index contributed by atoms with van der Waals surface area (Å²) < 4.78 is 0. The average molecular weight is 288 g/mol. The highest BCUT2D eigenvalue weighted by atomic mass is 35.5. The molecule has 0 atom stereocenters. The molecule has 0 unspecified atom stereocenters. The predicted molar refractivity (Wildman–Crippen MR) is 78.3 cm³/mol. The maximum absolute atomic E-state index is 5.19. The summed E-state index contributed by atoms with van der Waals surface area (Å²) in [5, 5.41) is 3.02. The fourth-order valence-corrected chi connectivity index (χ4v) is 1.34. The Labute approximate surface area is 118 Å². The number of hydrogen-bond donors (Lipinski definition) is 1. The Morgan fingerprint density at radius 2 is 1.59 bits per heavy atom. The van der Waals surface area contributed by atoms with E-state index in [0.717, 1.165) is 11.5 Å². The molecule has 90 valence electrons. The molecule has 2 rings (SSSR count). The molecule has 6 heteroatoms. The third kappa shape index (κ3) is 4.65. The maximum Gasteiger partial charge on any atom is 0.130 e. The van der Waals surface area contributed by atoms with Gasteiger partial charge >= 0.3 is 0 Å². The molecule has 0 saturated heterocycles. The first kappa shape index (κ1) is 15.8. The molecule has 0 bridgehead atoms. The molecule has 1 N–H and O–H groups in total. The van der Waals surface area contributed by atoms with Gasteiger partial charge < -0.3 is 5.32 Å². The summed E-state index contributed by atoms with van der Waals surface area (Å²) in [4.78, 5) is 8.84. The van der Waals surface area contributed by atoms with Gasteiger partial charge in [-0.25, -0.2) is 4.98 Å². The van der Waals surface area contributed by atoms with E-state index in [1.54, 1.807) is 12.4 Å². The van der Waals surface area contributed by atoms with Crippen LogP contribution in [0.3, 0.4) is 0 Å². The van der Waals surface area contributed by atoms with Crippen molar-refractivity contribution >= 4 is 47.8 Å². The first-order valence-corrected chi connectivity index (χ1v) is 4.90. The summed E-state index contributed by atoms with van der Waals surface area (Å²) in [6.45, 7) is 0. The highest BCUT2D eigenvalue weighted by Crippen LogP contribution is 2.04. The van der Waals surface area contributed by atoms with Crippen LogP contribution >= 0.6 is 37.0 Å². The van der Waals surface area contributed by atoms with E-state index < -0.39 is 0 Å². The highest BCUT2D eigenvalue weighted by molar-refractivity contribution is 7.81. The van der Waals surface area contributed by atoms with Crippen LogP contribution in [0.2, 0.25) is 0 Å². The standard InChI is InChI=1S/C11H9N3S.2ClH/c15-11(9-5-1-3-7-12-9)14-10-6-2-4-8-13-10;;/h1-8H,(H,13,14,15);2*1H. The van der Waals surface area contributed by atoms with Gasteiger partial charge in [0.05, 0.1) is 5.69 Å². The van der Waals surface area contributed by atoms with E-state index >= 15 is 0 Å². The number of nitrogens with zero attached hydrogens (tertiary/aromatic N) is 2. The highest BCUT2D eigenvalue weighted by Gasteiger charge is 2.01. The molecule has 17 heavy (non-hydrogen) atoms. The number of pyridine rings is 2. The molecule has 3 nitrogen and oxygen atoms in total. The van der Waals surface area contributed by atoms with Gasteiger partial charge in [-0.2, -0.15) is 0 Å². The minimum absolute atomic E-state index is 0. The Balaban J connectivity index is 0.00000128. The number of thiocarbonyl (C=S) groups is 1. The Kier molecular flexibility index (Phi) is 7.37. The SMILES string of the molecule is Cl.Cl.S=C(Nc1ccccn1)c1ccccn1. The Morgan fingerprint density at radius 1 is 0.941 bits per heavy atom. The largest absolute Gasteiger partial charge is 0.330 e. The van der Waals surface area contributed by atoms with Crippen LogP contribution < -0.4 is 5.32 Å². The lowest BCUT2D eigenvalue weighted by Gasteiger charge is -2.05. The maximum atomic E-state index is 5.19. The van der Waals surface area contributed by atoms with Crippen molar-refractivity contribution in [2.45, 2.75) is 0 Å². The quantitative estimate of drug-likeness (QED) is 0.862. The molecular weight excluding hydrogens is 277 g/mol. The molecule has 0 aliphatic rings. The first-order valence-electron chi connectivity index (χ1n) is 4.50. The van der Waals surface area contributed by atoms with Gasteiger partial charge in [-0.05, 0) is 24.3 Å². The van der Waals surface area contributed by atoms with Gasteiger partial charge in [0.15, 0.2) is 0 Å². The summed E-state index contributed by atoms with van der Waals surface area (Å²) in [5.74, 6) is 0.730. The summed E-state index contributed by atoms with van der Waals surface area (Å²) in [6.07, 6.45) is 3.42. The molecule has 0 aliphatic heterocycles. The molecule has 0 aromatic carbocycles. The molecule has 0 radical (unpaired) electrons. The molecule has 2 aromatic rings. The summed E-state index contributed by atoms with van der Waals surface area (Å²) in [5.41, 5.74) is 0.748. The fourth-order valence-electron chi connectivity index (χ4n) is 1.11. The van der Waals surface area contributed by atoms with Gasteiger partial charge in [-0.3, -0.25) is 4.98 Å². The van der Waals surface area contributed by atoms with Crippen LogP contribution in [0.25, 0.3) is 0 Å². The molecule has 0 aliphatic carbocycles. The predicted octanol–water partition coefficient (Wildman–Crippen LogP) is 3.11. The number of anilines is 1. The topological polar surface area (TPSA) is 37.8 Å². The number of aromatic nitrogens is 2. The third-order valence-corrected chi connectivity index (χ3v) is 2.12. The zero-order chi connectivity index (χ0) is 10.5. The van der Waals surface area contributed by atoms with Crippen molar-refractivity contribution in [2.24, 2.45) is 0 Å². The fraction of sp³-hybridized carbons (Fsp3) is 0. The molecule has 0 saturated carbocycles. The second-order valence-electron chi connectivity index (χ2n) is 2.88. The van der Waals surface area contributed by atoms with Crippen LogP contribution in [0.4, 0.5) is 5.82 Å². The van der Waals surface area contributed by atoms with Crippen molar-refractivity contribution in [2.75, 3.05) is 5.32 Å². The molecule has 2 heterocycles. The molecular formula is C11H11Cl2N3S. The molecule has 2 aromatic heterocycles. The van der Waals surface area contributed by atoms with Crippen LogP contribution in [0.5, 0.6) is 0 Å². The number of rotatable bonds is 2. The molecule has 0 amide bonds. The zero-order valence-corrected chi connectivity index (χ0v) is 11.2. The lowest BCUT2D eigenvalue weighted by atomic mass is 10.3. The van der Waals surface area contributed by atoms with Crippen LogP contribution in [0.1, 0.15) is 5.69 Å². The van der Waals surface area contributed by atoms with Crippen LogP contribution in [0.15, 0.2) is 48.8 Å². The monoisotopic (exact) mass is 287 g/mol. The summed E-state index contributed by atoms with van der Waals surface area (Å²) >= 11 is 5.19. The van der Waals surface area contributed by atoms with Crippen molar-refractivity contribution in [1.29, 1.82) is 0 Å². The minimum atomic E-state index is 0. The summed E-state index contributed by atoms with van der Waals surface area (Å²) in [6, 6.07) is 11.2. The minimum Gasteiger partial charge on any atom is -0.330 e.